The first-order valence-corrected chi connectivity index (χ1v) is 11.1. The number of rotatable bonds is 5. The van der Waals surface area contributed by atoms with Crippen LogP contribution in [0.25, 0.3) is 22.7 Å². The third-order valence-electron chi connectivity index (χ3n) is 4.50. The molecule has 0 spiro atoms. The molecule has 0 unspecified atom stereocenters. The van der Waals surface area contributed by atoms with Crippen LogP contribution in [0.1, 0.15) is 5.69 Å². The molecule has 4 rings (SSSR count). The second-order valence-corrected chi connectivity index (χ2v) is 8.51. The average Bonchev–Trinajstić information content (AvgIpc) is 3.36. The Bertz CT molecular complexity index is 1400. The number of carbonyl (C=O) groups is 1. The van der Waals surface area contributed by atoms with Crippen LogP contribution in [0.2, 0.25) is 0 Å². The van der Waals surface area contributed by atoms with Crippen molar-refractivity contribution in [2.45, 2.75) is 0 Å². The van der Waals surface area contributed by atoms with E-state index in [-0.39, 0.29) is 11.5 Å². The van der Waals surface area contributed by atoms with Gasteiger partial charge in [0.2, 0.25) is 0 Å². The van der Waals surface area contributed by atoms with E-state index in [0.717, 1.165) is 10.6 Å². The zero-order valence-corrected chi connectivity index (χ0v) is 18.5. The van der Waals surface area contributed by atoms with E-state index >= 15 is 0 Å². The van der Waals surface area contributed by atoms with Crippen LogP contribution in [-0.4, -0.2) is 22.6 Å². The van der Waals surface area contributed by atoms with E-state index in [4.69, 9.17) is 4.74 Å². The van der Waals surface area contributed by atoms with Gasteiger partial charge < -0.3 is 14.6 Å². The summed E-state index contributed by atoms with van der Waals surface area (Å²) in [4.78, 5) is 29.8. The third-order valence-corrected chi connectivity index (χ3v) is 6.52. The molecule has 0 aliphatic rings. The standard InChI is InChI=1S/C23H19N3O3S2/c1-26-21(13-20(27)25-17-10-6-7-11-18(17)29-2)31-19(23(26)28)12-16-14-30-22(24-16)15-8-4-3-5-9-15/h3-14H,1-2H3,(H,25,27)/b19-12-,21-13+. The molecule has 0 saturated heterocycles. The number of ether oxygens (including phenoxy) is 1. The molecule has 0 bridgehead atoms. The highest BCUT2D eigenvalue weighted by molar-refractivity contribution is 7.13. The first-order valence-electron chi connectivity index (χ1n) is 9.39. The lowest BCUT2D eigenvalue weighted by Crippen LogP contribution is -2.29. The smallest absolute Gasteiger partial charge is 0.268 e. The molecule has 2 aromatic carbocycles. The molecule has 0 atom stereocenters. The number of anilines is 1. The third kappa shape index (κ3) is 4.65. The van der Waals surface area contributed by atoms with Gasteiger partial charge in [0.1, 0.15) is 15.4 Å². The SMILES string of the molecule is COc1ccccc1NC(=O)/C=c1/s/c(=C\c2csc(-c3ccccc3)n2)c(=O)n1C. The van der Waals surface area contributed by atoms with Crippen molar-refractivity contribution in [3.8, 4) is 16.3 Å². The lowest BCUT2D eigenvalue weighted by molar-refractivity contribution is -0.110. The highest BCUT2D eigenvalue weighted by atomic mass is 32.1. The van der Waals surface area contributed by atoms with Crippen LogP contribution in [0, 0.1) is 0 Å². The van der Waals surface area contributed by atoms with Crippen LogP contribution in [0.4, 0.5) is 5.69 Å². The molecule has 0 saturated carbocycles. The Kier molecular flexibility index (Phi) is 6.11. The van der Waals surface area contributed by atoms with Gasteiger partial charge in [-0.3, -0.25) is 9.59 Å². The summed E-state index contributed by atoms with van der Waals surface area (Å²) in [6.07, 6.45) is 3.16. The number of amides is 1. The Morgan fingerprint density at radius 2 is 1.87 bits per heavy atom. The summed E-state index contributed by atoms with van der Waals surface area (Å²) in [6.45, 7) is 0. The summed E-state index contributed by atoms with van der Waals surface area (Å²) in [5.41, 5.74) is 2.15. The van der Waals surface area contributed by atoms with E-state index in [9.17, 15) is 9.59 Å². The van der Waals surface area contributed by atoms with Gasteiger partial charge in [0, 0.05) is 24.1 Å². The molecule has 1 N–H and O–H groups in total. The van der Waals surface area contributed by atoms with E-state index in [1.165, 1.54) is 33.3 Å². The summed E-state index contributed by atoms with van der Waals surface area (Å²) in [7, 11) is 3.19. The van der Waals surface area contributed by atoms with E-state index in [0.29, 0.717) is 26.3 Å². The Morgan fingerprint density at radius 1 is 1.13 bits per heavy atom. The lowest BCUT2D eigenvalue weighted by Gasteiger charge is -2.07. The molecule has 1 amide bonds. The molecule has 2 heterocycles. The summed E-state index contributed by atoms with van der Waals surface area (Å²) in [5.74, 6) is 0.226. The number of nitrogens with one attached hydrogen (secondary N) is 1. The van der Waals surface area contributed by atoms with Crippen molar-refractivity contribution in [2.75, 3.05) is 12.4 Å². The highest BCUT2D eigenvalue weighted by Crippen LogP contribution is 2.24. The highest BCUT2D eigenvalue weighted by Gasteiger charge is 2.08. The Labute approximate surface area is 186 Å². The molecule has 8 heteroatoms. The predicted molar refractivity (Wildman–Crippen MR) is 126 cm³/mol. The molecule has 0 aliphatic carbocycles. The maximum absolute atomic E-state index is 12.7. The van der Waals surface area contributed by atoms with Crippen molar-refractivity contribution in [1.29, 1.82) is 0 Å². The number of para-hydroxylation sites is 2. The Hall–Kier alpha value is -3.49. The molecule has 2 aromatic heterocycles. The number of hydrogen-bond donors (Lipinski definition) is 1. The van der Waals surface area contributed by atoms with Gasteiger partial charge in [-0.15, -0.1) is 22.7 Å². The molecule has 6 nitrogen and oxygen atoms in total. The molecule has 156 valence electrons. The van der Waals surface area contributed by atoms with Crippen LogP contribution in [0.15, 0.2) is 64.8 Å². The number of thiazole rings is 2. The zero-order chi connectivity index (χ0) is 21.8. The van der Waals surface area contributed by atoms with Crippen LogP contribution in [-0.2, 0) is 11.8 Å². The Morgan fingerprint density at radius 3 is 2.65 bits per heavy atom. The quantitative estimate of drug-likeness (QED) is 0.509. The molecular formula is C23H19N3O3S2. The Balaban J connectivity index is 1.63. The minimum atomic E-state index is -0.340. The van der Waals surface area contributed by atoms with Gasteiger partial charge in [-0.25, -0.2) is 4.98 Å². The summed E-state index contributed by atoms with van der Waals surface area (Å²) < 4.78 is 7.77. The van der Waals surface area contributed by atoms with Crippen LogP contribution >= 0.6 is 22.7 Å². The first kappa shape index (κ1) is 20.8. The number of methoxy groups -OCH3 is 1. The maximum Gasteiger partial charge on any atom is 0.268 e. The molecule has 31 heavy (non-hydrogen) atoms. The van der Waals surface area contributed by atoms with Gasteiger partial charge >= 0.3 is 0 Å². The van der Waals surface area contributed by atoms with E-state index in [2.05, 4.69) is 10.3 Å². The van der Waals surface area contributed by atoms with Crippen LogP contribution < -0.4 is 24.8 Å². The topological polar surface area (TPSA) is 73.2 Å². The average molecular weight is 450 g/mol. The fraction of sp³-hybridized carbons (Fsp3) is 0.0870. The normalized spacial score (nSPS) is 12.2. The van der Waals surface area contributed by atoms with Crippen LogP contribution in [0.5, 0.6) is 5.75 Å². The number of aromatic nitrogens is 2. The van der Waals surface area contributed by atoms with Crippen molar-refractivity contribution in [3.63, 3.8) is 0 Å². The summed E-state index contributed by atoms with van der Waals surface area (Å²) in [5, 5.41) is 5.60. The second-order valence-electron chi connectivity index (χ2n) is 6.59. The summed E-state index contributed by atoms with van der Waals surface area (Å²) in [6, 6.07) is 17.0. The van der Waals surface area contributed by atoms with Crippen molar-refractivity contribution < 1.29 is 9.53 Å². The lowest BCUT2D eigenvalue weighted by atomic mass is 10.2. The van der Waals surface area contributed by atoms with Gasteiger partial charge in [0.25, 0.3) is 11.5 Å². The number of carbonyl (C=O) groups excluding carboxylic acids is 1. The van der Waals surface area contributed by atoms with Gasteiger partial charge in [-0.1, -0.05) is 42.5 Å². The predicted octanol–water partition coefficient (Wildman–Crippen LogP) is 2.83. The number of nitrogens with zero attached hydrogens (tertiary/aromatic N) is 2. The van der Waals surface area contributed by atoms with Gasteiger partial charge in [-0.05, 0) is 18.2 Å². The molecule has 0 fully saturated rings. The molecule has 0 radical (unpaired) electrons. The second kappa shape index (κ2) is 9.11. The number of hydrogen-bond acceptors (Lipinski definition) is 6. The van der Waals surface area contributed by atoms with Crippen molar-refractivity contribution in [3.05, 3.63) is 85.2 Å². The first-order chi connectivity index (χ1) is 15.0. The van der Waals surface area contributed by atoms with Crippen molar-refractivity contribution in [2.24, 2.45) is 7.05 Å². The number of benzene rings is 2. The fourth-order valence-corrected chi connectivity index (χ4v) is 4.74. The molecule has 0 aliphatic heterocycles. The molecule has 4 aromatic rings. The fourth-order valence-electron chi connectivity index (χ4n) is 2.94. The largest absolute Gasteiger partial charge is 0.495 e. The van der Waals surface area contributed by atoms with E-state index in [1.807, 2.05) is 47.8 Å². The summed E-state index contributed by atoms with van der Waals surface area (Å²) >= 11 is 2.77. The van der Waals surface area contributed by atoms with E-state index < -0.39 is 0 Å². The molecular weight excluding hydrogens is 430 g/mol. The van der Waals surface area contributed by atoms with Gasteiger partial charge in [0.15, 0.2) is 0 Å². The maximum atomic E-state index is 12.7. The monoisotopic (exact) mass is 449 g/mol. The van der Waals surface area contributed by atoms with Gasteiger partial charge in [0.05, 0.1) is 23.0 Å². The zero-order valence-electron chi connectivity index (χ0n) is 16.9. The van der Waals surface area contributed by atoms with Crippen LogP contribution in [0.3, 0.4) is 0 Å². The van der Waals surface area contributed by atoms with Crippen molar-refractivity contribution >= 4 is 46.4 Å². The van der Waals surface area contributed by atoms with Gasteiger partial charge in [-0.2, -0.15) is 0 Å². The minimum absolute atomic E-state index is 0.171. The minimum Gasteiger partial charge on any atom is -0.495 e. The van der Waals surface area contributed by atoms with E-state index in [1.54, 1.807) is 32.4 Å². The van der Waals surface area contributed by atoms with Crippen molar-refractivity contribution in [1.82, 2.24) is 9.55 Å².